The van der Waals surface area contributed by atoms with Gasteiger partial charge < -0.3 is 20.3 Å². The molecule has 1 aromatic heterocycles. The van der Waals surface area contributed by atoms with E-state index in [2.05, 4.69) is 15.6 Å². The Balaban J connectivity index is 1.44. The van der Waals surface area contributed by atoms with E-state index in [-0.39, 0.29) is 30.7 Å². The van der Waals surface area contributed by atoms with E-state index >= 15 is 0 Å². The number of carbonyl (C=O) groups is 3. The third kappa shape index (κ3) is 5.93. The van der Waals surface area contributed by atoms with Gasteiger partial charge in [-0.05, 0) is 59.7 Å². The molecular formula is C30H24Cl2N4O4. The second-order valence-electron chi connectivity index (χ2n) is 9.17. The summed E-state index contributed by atoms with van der Waals surface area (Å²) in [6.45, 7) is 0.131. The van der Waals surface area contributed by atoms with E-state index in [1.165, 1.54) is 12.0 Å². The summed E-state index contributed by atoms with van der Waals surface area (Å²) in [7, 11) is 1.52. The first-order chi connectivity index (χ1) is 19.3. The fraction of sp³-hybridized carbons (Fsp3) is 0.133. The Kier molecular flexibility index (Phi) is 8.00. The van der Waals surface area contributed by atoms with Gasteiger partial charge in [-0.2, -0.15) is 0 Å². The number of hydrogen-bond acceptors (Lipinski definition) is 5. The molecule has 0 fully saturated rings. The molecule has 0 saturated carbocycles. The first kappa shape index (κ1) is 27.2. The standard InChI is InChI=1S/C30H24Cl2N4O4/c1-40-21-10-11-22-25(16-21)34-29(38)26(15-19-7-12-23(31)24(32)14-19)36(30(22)39)17-18-5-8-20(9-6-18)28(37)35-27-4-2-3-13-33-27/h2-14,16,26H,15,17H2,1H3,(H,34,38)(H,33,35,37)/t26-/m1/s1. The fourth-order valence-electron chi connectivity index (χ4n) is 4.45. The number of nitrogens with zero attached hydrogens (tertiary/aromatic N) is 2. The van der Waals surface area contributed by atoms with Crippen LogP contribution in [0, 0.1) is 0 Å². The summed E-state index contributed by atoms with van der Waals surface area (Å²) in [4.78, 5) is 45.7. The largest absolute Gasteiger partial charge is 0.497 e. The van der Waals surface area contributed by atoms with Crippen molar-refractivity contribution in [3.63, 3.8) is 0 Å². The molecule has 1 aliphatic rings. The van der Waals surface area contributed by atoms with Crippen molar-refractivity contribution in [3.05, 3.63) is 117 Å². The number of ether oxygens (including phenoxy) is 1. The number of aromatic nitrogens is 1. The molecule has 0 saturated heterocycles. The molecule has 0 unspecified atom stereocenters. The second kappa shape index (κ2) is 11.8. The van der Waals surface area contributed by atoms with Crippen molar-refractivity contribution in [1.29, 1.82) is 0 Å². The zero-order valence-electron chi connectivity index (χ0n) is 21.4. The van der Waals surface area contributed by atoms with Crippen molar-refractivity contribution in [1.82, 2.24) is 9.88 Å². The number of fused-ring (bicyclic) bond motifs is 1. The summed E-state index contributed by atoms with van der Waals surface area (Å²) < 4.78 is 5.29. The highest BCUT2D eigenvalue weighted by Crippen LogP contribution is 2.31. The van der Waals surface area contributed by atoms with Crippen LogP contribution in [0.5, 0.6) is 5.75 Å². The molecule has 202 valence electrons. The van der Waals surface area contributed by atoms with E-state index in [1.54, 1.807) is 85.1 Å². The van der Waals surface area contributed by atoms with Crippen LogP contribution in [0.4, 0.5) is 11.5 Å². The summed E-state index contributed by atoms with van der Waals surface area (Å²) in [6.07, 6.45) is 1.81. The minimum atomic E-state index is -0.852. The highest BCUT2D eigenvalue weighted by Gasteiger charge is 2.36. The maximum atomic E-state index is 13.9. The first-order valence-corrected chi connectivity index (χ1v) is 13.1. The van der Waals surface area contributed by atoms with Gasteiger partial charge in [-0.3, -0.25) is 14.4 Å². The molecule has 1 aliphatic heterocycles. The van der Waals surface area contributed by atoms with Gasteiger partial charge >= 0.3 is 0 Å². The molecule has 2 N–H and O–H groups in total. The van der Waals surface area contributed by atoms with Gasteiger partial charge in [0, 0.05) is 30.8 Å². The lowest BCUT2D eigenvalue weighted by atomic mass is 10.0. The Morgan fingerprint density at radius 1 is 0.975 bits per heavy atom. The number of nitrogens with one attached hydrogen (secondary N) is 2. The molecule has 0 aliphatic carbocycles. The Hall–Kier alpha value is -4.40. The third-order valence-electron chi connectivity index (χ3n) is 6.54. The number of hydrogen-bond donors (Lipinski definition) is 2. The summed E-state index contributed by atoms with van der Waals surface area (Å²) in [5.74, 6) is -0.0224. The lowest BCUT2D eigenvalue weighted by Gasteiger charge is -2.29. The van der Waals surface area contributed by atoms with E-state index < -0.39 is 6.04 Å². The smallest absolute Gasteiger partial charge is 0.256 e. The maximum Gasteiger partial charge on any atom is 0.256 e. The normalized spacial score (nSPS) is 14.7. The number of pyridine rings is 1. The minimum absolute atomic E-state index is 0.131. The van der Waals surface area contributed by atoms with Crippen molar-refractivity contribution in [2.24, 2.45) is 0 Å². The molecule has 40 heavy (non-hydrogen) atoms. The number of amides is 3. The topological polar surface area (TPSA) is 101 Å². The number of halogens is 2. The summed E-state index contributed by atoms with van der Waals surface area (Å²) in [5.41, 5.74) is 2.64. The Bertz CT molecular complexity index is 1580. The number of anilines is 2. The third-order valence-corrected chi connectivity index (χ3v) is 7.28. The first-order valence-electron chi connectivity index (χ1n) is 12.4. The number of carbonyl (C=O) groups excluding carboxylic acids is 3. The lowest BCUT2D eigenvalue weighted by molar-refractivity contribution is -0.120. The molecule has 3 aromatic carbocycles. The predicted molar refractivity (Wildman–Crippen MR) is 154 cm³/mol. The van der Waals surface area contributed by atoms with Crippen LogP contribution in [0.1, 0.15) is 31.8 Å². The molecule has 0 bridgehead atoms. The van der Waals surface area contributed by atoms with E-state index in [0.717, 1.165) is 11.1 Å². The molecular weight excluding hydrogens is 551 g/mol. The van der Waals surface area contributed by atoms with E-state index in [9.17, 15) is 14.4 Å². The van der Waals surface area contributed by atoms with E-state index in [1.807, 2.05) is 0 Å². The summed E-state index contributed by atoms with van der Waals surface area (Å²) in [5, 5.41) is 6.39. The van der Waals surface area contributed by atoms with Gasteiger partial charge in [-0.1, -0.05) is 47.5 Å². The van der Waals surface area contributed by atoms with Gasteiger partial charge in [-0.25, -0.2) is 4.98 Å². The molecule has 5 rings (SSSR count). The molecule has 0 radical (unpaired) electrons. The number of rotatable bonds is 7. The van der Waals surface area contributed by atoms with E-state index in [0.29, 0.717) is 38.4 Å². The number of benzene rings is 3. The molecule has 10 heteroatoms. The van der Waals surface area contributed by atoms with Gasteiger partial charge in [0.2, 0.25) is 5.91 Å². The van der Waals surface area contributed by atoms with Crippen LogP contribution < -0.4 is 15.4 Å². The van der Waals surface area contributed by atoms with Crippen molar-refractivity contribution >= 4 is 52.4 Å². The van der Waals surface area contributed by atoms with Crippen molar-refractivity contribution in [2.75, 3.05) is 17.7 Å². The van der Waals surface area contributed by atoms with Gasteiger partial charge in [0.15, 0.2) is 0 Å². The monoisotopic (exact) mass is 574 g/mol. The maximum absolute atomic E-state index is 13.9. The molecule has 3 amide bonds. The van der Waals surface area contributed by atoms with Crippen LogP contribution in [0.2, 0.25) is 10.0 Å². The Morgan fingerprint density at radius 2 is 1.75 bits per heavy atom. The number of methoxy groups -OCH3 is 1. The average molecular weight is 575 g/mol. The van der Waals surface area contributed by atoms with Gasteiger partial charge in [0.25, 0.3) is 11.8 Å². The quantitative estimate of drug-likeness (QED) is 0.288. The van der Waals surface area contributed by atoms with Crippen LogP contribution in [0.25, 0.3) is 0 Å². The van der Waals surface area contributed by atoms with Crippen molar-refractivity contribution in [3.8, 4) is 5.75 Å². The zero-order chi connectivity index (χ0) is 28.2. The second-order valence-corrected chi connectivity index (χ2v) is 9.98. The van der Waals surface area contributed by atoms with Crippen molar-refractivity contribution < 1.29 is 19.1 Å². The van der Waals surface area contributed by atoms with Crippen LogP contribution in [-0.2, 0) is 17.8 Å². The summed E-state index contributed by atoms with van der Waals surface area (Å²) in [6, 6.07) is 21.3. The van der Waals surface area contributed by atoms with Crippen molar-refractivity contribution in [2.45, 2.75) is 19.0 Å². The predicted octanol–water partition coefficient (Wildman–Crippen LogP) is 5.86. The zero-order valence-corrected chi connectivity index (χ0v) is 22.9. The van der Waals surface area contributed by atoms with Gasteiger partial charge in [0.1, 0.15) is 17.6 Å². The summed E-state index contributed by atoms with van der Waals surface area (Å²) >= 11 is 12.3. The van der Waals surface area contributed by atoms with Gasteiger partial charge in [0.05, 0.1) is 28.4 Å². The van der Waals surface area contributed by atoms with Crippen LogP contribution >= 0.6 is 23.2 Å². The highest BCUT2D eigenvalue weighted by atomic mass is 35.5. The average Bonchev–Trinajstić information content (AvgIpc) is 3.05. The highest BCUT2D eigenvalue weighted by molar-refractivity contribution is 6.42. The Morgan fingerprint density at radius 3 is 2.45 bits per heavy atom. The molecule has 0 spiro atoms. The van der Waals surface area contributed by atoms with Crippen LogP contribution in [0.15, 0.2) is 85.1 Å². The lowest BCUT2D eigenvalue weighted by Crippen LogP contribution is -2.46. The van der Waals surface area contributed by atoms with E-state index in [4.69, 9.17) is 27.9 Å². The van der Waals surface area contributed by atoms with Gasteiger partial charge in [-0.15, -0.1) is 0 Å². The van der Waals surface area contributed by atoms with Crippen LogP contribution in [-0.4, -0.2) is 40.8 Å². The molecule has 2 heterocycles. The Labute approximate surface area is 240 Å². The molecule has 1 atom stereocenters. The molecule has 8 nitrogen and oxygen atoms in total. The fourth-order valence-corrected chi connectivity index (χ4v) is 4.77. The minimum Gasteiger partial charge on any atom is -0.497 e. The SMILES string of the molecule is COc1ccc2c(c1)NC(=O)[C@@H](Cc1ccc(Cl)c(Cl)c1)N(Cc1ccc(C(=O)Nc3ccccn3)cc1)C2=O. The molecule has 4 aromatic rings. The van der Waals surface area contributed by atoms with Crippen LogP contribution in [0.3, 0.4) is 0 Å².